The first-order valence-corrected chi connectivity index (χ1v) is 5.93. The third-order valence-electron chi connectivity index (χ3n) is 2.49. The highest BCUT2D eigenvalue weighted by atomic mass is 35.5. The quantitative estimate of drug-likeness (QED) is 0.863. The van der Waals surface area contributed by atoms with Gasteiger partial charge in [0.2, 0.25) is 0 Å². The van der Waals surface area contributed by atoms with Crippen molar-refractivity contribution in [2.24, 2.45) is 0 Å². The predicted molar refractivity (Wildman–Crippen MR) is 71.2 cm³/mol. The van der Waals surface area contributed by atoms with Crippen molar-refractivity contribution in [1.29, 1.82) is 0 Å². The maximum absolute atomic E-state index is 9.32. The molecule has 5 heteroatoms. The second-order valence-electron chi connectivity index (χ2n) is 4.16. The maximum Gasteiger partial charge on any atom is 0.116 e. The van der Waals surface area contributed by atoms with E-state index in [0.29, 0.717) is 17.3 Å². The number of hydrogen-bond acceptors (Lipinski definition) is 3. The lowest BCUT2D eigenvalue weighted by atomic mass is 10.1. The summed E-state index contributed by atoms with van der Waals surface area (Å²) in [6.07, 6.45) is 0. The SMILES string of the molecule is C=C(C)Cn1nnc(CO)c1-c1ccc(Cl)cc1. The Morgan fingerprint density at radius 1 is 1.39 bits per heavy atom. The van der Waals surface area contributed by atoms with Gasteiger partial charge >= 0.3 is 0 Å². The summed E-state index contributed by atoms with van der Waals surface area (Å²) in [6.45, 7) is 6.21. The molecule has 2 rings (SSSR count). The van der Waals surface area contributed by atoms with Crippen LogP contribution in [-0.2, 0) is 13.2 Å². The first-order chi connectivity index (χ1) is 8.61. The molecule has 0 bridgehead atoms. The molecule has 0 atom stereocenters. The van der Waals surface area contributed by atoms with Crippen LogP contribution in [0.3, 0.4) is 0 Å². The van der Waals surface area contributed by atoms with E-state index in [2.05, 4.69) is 16.9 Å². The van der Waals surface area contributed by atoms with Crippen molar-refractivity contribution in [2.75, 3.05) is 0 Å². The molecule has 0 saturated carbocycles. The van der Waals surface area contributed by atoms with E-state index < -0.39 is 0 Å². The van der Waals surface area contributed by atoms with Gasteiger partial charge in [0.1, 0.15) is 5.69 Å². The Labute approximate surface area is 111 Å². The Morgan fingerprint density at radius 2 is 2.06 bits per heavy atom. The molecule has 0 amide bonds. The van der Waals surface area contributed by atoms with Crippen molar-refractivity contribution < 1.29 is 5.11 Å². The van der Waals surface area contributed by atoms with E-state index in [9.17, 15) is 5.11 Å². The van der Waals surface area contributed by atoms with Crippen LogP contribution in [0.25, 0.3) is 11.3 Å². The van der Waals surface area contributed by atoms with E-state index in [1.165, 1.54) is 0 Å². The predicted octanol–water partition coefficient (Wildman–Crippen LogP) is 2.67. The van der Waals surface area contributed by atoms with Crippen LogP contribution < -0.4 is 0 Å². The average molecular weight is 264 g/mol. The zero-order chi connectivity index (χ0) is 13.1. The van der Waals surface area contributed by atoms with Crippen molar-refractivity contribution in [3.8, 4) is 11.3 Å². The van der Waals surface area contributed by atoms with Gasteiger partial charge in [0.15, 0.2) is 0 Å². The van der Waals surface area contributed by atoms with Crippen LogP contribution in [0.1, 0.15) is 12.6 Å². The molecule has 1 heterocycles. The Bertz CT molecular complexity index is 560. The van der Waals surface area contributed by atoms with E-state index >= 15 is 0 Å². The first kappa shape index (κ1) is 12.8. The molecule has 0 unspecified atom stereocenters. The van der Waals surface area contributed by atoms with E-state index in [1.54, 1.807) is 16.8 Å². The fourth-order valence-electron chi connectivity index (χ4n) is 1.75. The lowest BCUT2D eigenvalue weighted by Crippen LogP contribution is -2.03. The van der Waals surface area contributed by atoms with E-state index in [0.717, 1.165) is 16.8 Å². The minimum absolute atomic E-state index is 0.145. The summed E-state index contributed by atoms with van der Waals surface area (Å²) in [4.78, 5) is 0. The van der Waals surface area contributed by atoms with Gasteiger partial charge in [-0.25, -0.2) is 4.68 Å². The summed E-state index contributed by atoms with van der Waals surface area (Å²) >= 11 is 5.87. The van der Waals surface area contributed by atoms with Gasteiger partial charge in [0.25, 0.3) is 0 Å². The second kappa shape index (κ2) is 5.33. The molecule has 2 aromatic rings. The van der Waals surface area contributed by atoms with Crippen molar-refractivity contribution in [3.63, 3.8) is 0 Å². The number of rotatable bonds is 4. The molecule has 0 saturated heterocycles. The fraction of sp³-hybridized carbons (Fsp3) is 0.231. The highest BCUT2D eigenvalue weighted by molar-refractivity contribution is 6.30. The smallest absolute Gasteiger partial charge is 0.116 e. The van der Waals surface area contributed by atoms with Crippen LogP contribution in [0.5, 0.6) is 0 Å². The van der Waals surface area contributed by atoms with Crippen LogP contribution in [0.15, 0.2) is 36.4 Å². The average Bonchev–Trinajstić information content (AvgIpc) is 2.72. The molecular weight excluding hydrogens is 250 g/mol. The summed E-state index contributed by atoms with van der Waals surface area (Å²) < 4.78 is 1.73. The number of nitrogens with zero attached hydrogens (tertiary/aromatic N) is 3. The molecular formula is C13H14ClN3O. The number of allylic oxidation sites excluding steroid dienone is 1. The molecule has 1 aromatic carbocycles. The van der Waals surface area contributed by atoms with Crippen molar-refractivity contribution in [3.05, 3.63) is 47.1 Å². The normalized spacial score (nSPS) is 10.6. The molecule has 0 spiro atoms. The number of hydrogen-bond donors (Lipinski definition) is 1. The summed E-state index contributed by atoms with van der Waals surface area (Å²) in [5.74, 6) is 0. The fourth-order valence-corrected chi connectivity index (χ4v) is 1.87. The van der Waals surface area contributed by atoms with Gasteiger partial charge in [-0.1, -0.05) is 41.1 Å². The van der Waals surface area contributed by atoms with Crippen LogP contribution >= 0.6 is 11.6 Å². The van der Waals surface area contributed by atoms with Crippen LogP contribution in [0.4, 0.5) is 0 Å². The molecule has 94 valence electrons. The third-order valence-corrected chi connectivity index (χ3v) is 2.74. The Kier molecular flexibility index (Phi) is 3.79. The minimum atomic E-state index is -0.145. The maximum atomic E-state index is 9.32. The number of halogens is 1. The third kappa shape index (κ3) is 2.60. The van der Waals surface area contributed by atoms with Crippen molar-refractivity contribution in [2.45, 2.75) is 20.1 Å². The van der Waals surface area contributed by atoms with Crippen molar-refractivity contribution in [1.82, 2.24) is 15.0 Å². The number of aliphatic hydroxyl groups excluding tert-OH is 1. The largest absolute Gasteiger partial charge is 0.390 e. The number of aliphatic hydroxyl groups is 1. The van der Waals surface area contributed by atoms with Gasteiger partial charge in [-0.15, -0.1) is 5.10 Å². The minimum Gasteiger partial charge on any atom is -0.390 e. The zero-order valence-corrected chi connectivity index (χ0v) is 10.9. The van der Waals surface area contributed by atoms with E-state index in [-0.39, 0.29) is 6.61 Å². The first-order valence-electron chi connectivity index (χ1n) is 5.55. The molecule has 4 nitrogen and oxygen atoms in total. The number of benzene rings is 1. The highest BCUT2D eigenvalue weighted by Gasteiger charge is 2.14. The Hall–Kier alpha value is -1.65. The monoisotopic (exact) mass is 263 g/mol. The molecule has 18 heavy (non-hydrogen) atoms. The summed E-state index contributed by atoms with van der Waals surface area (Å²) in [5.41, 5.74) is 3.25. The standard InChI is InChI=1S/C13H14ClN3O/c1-9(2)7-17-13(12(8-18)15-16-17)10-3-5-11(14)6-4-10/h3-6,18H,1,7-8H2,2H3. The lowest BCUT2D eigenvalue weighted by Gasteiger charge is -2.07. The molecule has 0 aliphatic carbocycles. The van der Waals surface area contributed by atoms with Gasteiger partial charge in [0, 0.05) is 10.6 Å². The van der Waals surface area contributed by atoms with Gasteiger partial charge in [-0.2, -0.15) is 0 Å². The molecule has 0 aliphatic rings. The molecule has 0 radical (unpaired) electrons. The van der Waals surface area contributed by atoms with Gasteiger partial charge in [-0.05, 0) is 19.1 Å². The Morgan fingerprint density at radius 3 is 2.61 bits per heavy atom. The highest BCUT2D eigenvalue weighted by Crippen LogP contribution is 2.24. The lowest BCUT2D eigenvalue weighted by molar-refractivity contribution is 0.277. The molecule has 1 N–H and O–H groups in total. The van der Waals surface area contributed by atoms with E-state index in [1.807, 2.05) is 19.1 Å². The van der Waals surface area contributed by atoms with Gasteiger partial charge in [-0.3, -0.25) is 0 Å². The van der Waals surface area contributed by atoms with Crippen LogP contribution in [0, 0.1) is 0 Å². The number of aromatic nitrogens is 3. The summed E-state index contributed by atoms with van der Waals surface area (Å²) in [5, 5.41) is 18.0. The second-order valence-corrected chi connectivity index (χ2v) is 4.60. The zero-order valence-electron chi connectivity index (χ0n) is 10.1. The Balaban J connectivity index is 2.49. The van der Waals surface area contributed by atoms with Crippen LogP contribution in [-0.4, -0.2) is 20.1 Å². The topological polar surface area (TPSA) is 50.9 Å². The van der Waals surface area contributed by atoms with Gasteiger partial charge in [0.05, 0.1) is 18.8 Å². The van der Waals surface area contributed by atoms with Crippen molar-refractivity contribution >= 4 is 11.6 Å². The molecule has 0 fully saturated rings. The molecule has 0 aliphatic heterocycles. The molecule has 1 aromatic heterocycles. The summed E-state index contributed by atoms with van der Waals surface area (Å²) in [6, 6.07) is 7.37. The van der Waals surface area contributed by atoms with Crippen LogP contribution in [0.2, 0.25) is 5.02 Å². The summed E-state index contributed by atoms with van der Waals surface area (Å²) in [7, 11) is 0. The van der Waals surface area contributed by atoms with E-state index in [4.69, 9.17) is 11.6 Å². The van der Waals surface area contributed by atoms with Gasteiger partial charge < -0.3 is 5.11 Å².